The zero-order valence-corrected chi connectivity index (χ0v) is 10.6. The molecule has 0 aliphatic heterocycles. The average Bonchev–Trinajstić information content (AvgIpc) is 2.36. The van der Waals surface area contributed by atoms with Crippen LogP contribution in [0.3, 0.4) is 0 Å². The van der Waals surface area contributed by atoms with E-state index >= 15 is 0 Å². The molecule has 0 saturated carbocycles. The molecule has 0 amide bonds. The molecule has 2 aromatic carbocycles. The molecule has 2 rings (SSSR count). The smallest absolute Gasteiger partial charge is 0.149 e. The van der Waals surface area contributed by atoms with Crippen LogP contribution in [0.25, 0.3) is 0 Å². The maximum Gasteiger partial charge on any atom is 0.149 e. The maximum atomic E-state index is 13.5. The van der Waals surface area contributed by atoms with E-state index in [1.165, 1.54) is 6.07 Å². The monoisotopic (exact) mass is 308 g/mol. The summed E-state index contributed by atoms with van der Waals surface area (Å²) in [6.45, 7) is 0. The van der Waals surface area contributed by atoms with Crippen molar-refractivity contribution in [2.75, 3.05) is 5.32 Å². The number of nitriles is 1. The van der Waals surface area contributed by atoms with Gasteiger partial charge >= 0.3 is 0 Å². The molecular formula is C13H7BrF2N2. The lowest BCUT2D eigenvalue weighted by atomic mass is 10.2. The normalized spacial score (nSPS) is 9.89. The quantitative estimate of drug-likeness (QED) is 0.838. The summed E-state index contributed by atoms with van der Waals surface area (Å²) in [6, 6.07) is 10.7. The summed E-state index contributed by atoms with van der Waals surface area (Å²) in [7, 11) is 0. The van der Waals surface area contributed by atoms with Gasteiger partial charge in [0.25, 0.3) is 0 Å². The Balaban J connectivity index is 2.34. The molecule has 0 aliphatic carbocycles. The summed E-state index contributed by atoms with van der Waals surface area (Å²) in [6.07, 6.45) is 0. The molecule has 2 aromatic rings. The summed E-state index contributed by atoms with van der Waals surface area (Å²) in [5.74, 6) is -1.36. The first-order valence-electron chi connectivity index (χ1n) is 5.02. The van der Waals surface area contributed by atoms with Crippen LogP contribution in [0.15, 0.2) is 40.9 Å². The van der Waals surface area contributed by atoms with Crippen molar-refractivity contribution < 1.29 is 8.78 Å². The number of hydrogen-bond acceptors (Lipinski definition) is 2. The van der Waals surface area contributed by atoms with Crippen molar-refractivity contribution in [1.29, 1.82) is 5.26 Å². The van der Waals surface area contributed by atoms with E-state index in [0.717, 1.165) is 6.07 Å². The minimum atomic E-state index is -0.696. The second-order valence-electron chi connectivity index (χ2n) is 3.56. The van der Waals surface area contributed by atoms with E-state index in [1.54, 1.807) is 24.3 Å². The van der Waals surface area contributed by atoms with Crippen LogP contribution >= 0.6 is 15.9 Å². The Morgan fingerprint density at radius 1 is 1.11 bits per heavy atom. The molecule has 2 nitrogen and oxygen atoms in total. The summed E-state index contributed by atoms with van der Waals surface area (Å²) < 4.78 is 26.7. The molecule has 0 bridgehead atoms. The van der Waals surface area contributed by atoms with Crippen molar-refractivity contribution in [3.05, 3.63) is 58.1 Å². The van der Waals surface area contributed by atoms with Gasteiger partial charge in [-0.25, -0.2) is 8.78 Å². The Hall–Kier alpha value is -1.93. The van der Waals surface area contributed by atoms with Gasteiger partial charge in [0.2, 0.25) is 0 Å². The van der Waals surface area contributed by atoms with Gasteiger partial charge in [0, 0.05) is 11.8 Å². The van der Waals surface area contributed by atoms with Crippen LogP contribution in [-0.2, 0) is 0 Å². The zero-order valence-electron chi connectivity index (χ0n) is 9.05. The zero-order chi connectivity index (χ0) is 13.1. The third-order valence-corrected chi connectivity index (χ3v) is 2.89. The molecule has 0 atom stereocenters. The third-order valence-electron chi connectivity index (χ3n) is 2.28. The predicted octanol–water partition coefficient (Wildman–Crippen LogP) is 4.34. The van der Waals surface area contributed by atoms with Crippen molar-refractivity contribution in [3.63, 3.8) is 0 Å². The molecule has 0 saturated heterocycles. The highest BCUT2D eigenvalue weighted by Crippen LogP contribution is 2.26. The van der Waals surface area contributed by atoms with Crippen LogP contribution in [0.4, 0.5) is 20.2 Å². The number of benzene rings is 2. The van der Waals surface area contributed by atoms with Gasteiger partial charge in [-0.15, -0.1) is 0 Å². The van der Waals surface area contributed by atoms with E-state index in [1.807, 2.05) is 6.07 Å². The van der Waals surface area contributed by atoms with Gasteiger partial charge in [-0.1, -0.05) is 6.07 Å². The fourth-order valence-electron chi connectivity index (χ4n) is 1.44. The van der Waals surface area contributed by atoms with Crippen molar-refractivity contribution in [2.24, 2.45) is 0 Å². The summed E-state index contributed by atoms with van der Waals surface area (Å²) in [5.41, 5.74) is 1.16. The van der Waals surface area contributed by atoms with Gasteiger partial charge in [-0.2, -0.15) is 5.26 Å². The maximum absolute atomic E-state index is 13.5. The van der Waals surface area contributed by atoms with Gasteiger partial charge in [0.05, 0.1) is 21.8 Å². The Morgan fingerprint density at radius 3 is 2.61 bits per heavy atom. The number of hydrogen-bond donors (Lipinski definition) is 1. The second-order valence-corrected chi connectivity index (χ2v) is 4.42. The first-order chi connectivity index (χ1) is 8.60. The molecule has 1 N–H and O–H groups in total. The van der Waals surface area contributed by atoms with Crippen LogP contribution in [0, 0.1) is 23.0 Å². The molecular weight excluding hydrogens is 302 g/mol. The minimum absolute atomic E-state index is 0.137. The predicted molar refractivity (Wildman–Crippen MR) is 68.5 cm³/mol. The number of halogens is 3. The lowest BCUT2D eigenvalue weighted by Crippen LogP contribution is -1.95. The lowest BCUT2D eigenvalue weighted by Gasteiger charge is -2.08. The highest BCUT2D eigenvalue weighted by molar-refractivity contribution is 9.10. The Bertz CT molecular complexity index is 635. The minimum Gasteiger partial charge on any atom is -0.353 e. The molecule has 0 heterocycles. The second kappa shape index (κ2) is 5.15. The van der Waals surface area contributed by atoms with E-state index in [-0.39, 0.29) is 10.2 Å². The van der Waals surface area contributed by atoms with Crippen molar-refractivity contribution in [3.8, 4) is 6.07 Å². The molecule has 5 heteroatoms. The van der Waals surface area contributed by atoms with Gasteiger partial charge in [-0.05, 0) is 40.2 Å². The molecule has 0 fully saturated rings. The van der Waals surface area contributed by atoms with Crippen LogP contribution < -0.4 is 5.32 Å². The van der Waals surface area contributed by atoms with Crippen LogP contribution in [-0.4, -0.2) is 0 Å². The number of anilines is 2. The number of nitrogens with zero attached hydrogens (tertiary/aromatic N) is 1. The summed E-state index contributed by atoms with van der Waals surface area (Å²) >= 11 is 2.99. The lowest BCUT2D eigenvalue weighted by molar-refractivity contribution is 0.581. The topological polar surface area (TPSA) is 35.8 Å². The van der Waals surface area contributed by atoms with Gasteiger partial charge < -0.3 is 5.32 Å². The largest absolute Gasteiger partial charge is 0.353 e. The molecule has 0 spiro atoms. The molecule has 0 radical (unpaired) electrons. The molecule has 18 heavy (non-hydrogen) atoms. The Morgan fingerprint density at radius 2 is 1.89 bits per heavy atom. The Labute approximate surface area is 111 Å². The third kappa shape index (κ3) is 2.66. The van der Waals surface area contributed by atoms with E-state index in [0.29, 0.717) is 11.3 Å². The number of rotatable bonds is 2. The highest BCUT2D eigenvalue weighted by atomic mass is 79.9. The summed E-state index contributed by atoms with van der Waals surface area (Å²) in [4.78, 5) is 0. The fraction of sp³-hybridized carbons (Fsp3) is 0. The van der Waals surface area contributed by atoms with Gasteiger partial charge in [-0.3, -0.25) is 0 Å². The van der Waals surface area contributed by atoms with Crippen molar-refractivity contribution in [1.82, 2.24) is 0 Å². The van der Waals surface area contributed by atoms with Crippen LogP contribution in [0.1, 0.15) is 5.56 Å². The Kier molecular flexibility index (Phi) is 3.58. The van der Waals surface area contributed by atoms with Crippen LogP contribution in [0.2, 0.25) is 0 Å². The van der Waals surface area contributed by atoms with E-state index < -0.39 is 11.6 Å². The van der Waals surface area contributed by atoms with Gasteiger partial charge in [0.15, 0.2) is 0 Å². The SMILES string of the molecule is N#Cc1cccc(Nc2cc(Br)c(F)cc2F)c1. The average molecular weight is 309 g/mol. The van der Waals surface area contributed by atoms with E-state index in [4.69, 9.17) is 5.26 Å². The van der Waals surface area contributed by atoms with E-state index in [2.05, 4.69) is 21.2 Å². The van der Waals surface area contributed by atoms with E-state index in [9.17, 15) is 8.78 Å². The van der Waals surface area contributed by atoms with Crippen molar-refractivity contribution >= 4 is 27.3 Å². The highest BCUT2D eigenvalue weighted by Gasteiger charge is 2.08. The first-order valence-corrected chi connectivity index (χ1v) is 5.81. The fourth-order valence-corrected chi connectivity index (χ4v) is 1.78. The van der Waals surface area contributed by atoms with Crippen molar-refractivity contribution in [2.45, 2.75) is 0 Å². The standard InChI is InChI=1S/C13H7BrF2N2/c14-10-5-13(12(16)6-11(10)15)18-9-3-1-2-8(4-9)7-17/h1-6,18H. The molecule has 0 unspecified atom stereocenters. The summed E-state index contributed by atoms with van der Waals surface area (Å²) in [5, 5.41) is 11.5. The first kappa shape index (κ1) is 12.5. The molecule has 0 aliphatic rings. The van der Waals surface area contributed by atoms with Crippen LogP contribution in [0.5, 0.6) is 0 Å². The number of nitrogens with one attached hydrogen (secondary N) is 1. The van der Waals surface area contributed by atoms with Gasteiger partial charge in [0.1, 0.15) is 11.6 Å². The molecule has 90 valence electrons. The molecule has 0 aromatic heterocycles.